The molecule has 0 aromatic heterocycles. The van der Waals surface area contributed by atoms with Crippen LogP contribution in [0.4, 0.5) is 0 Å². The van der Waals surface area contributed by atoms with Gasteiger partial charge in [0.25, 0.3) is 5.91 Å². The smallest absolute Gasteiger partial charge is 0.263 e. The molecule has 1 amide bonds. The number of amides is 1. The highest BCUT2D eigenvalue weighted by Gasteiger charge is 2.29. The van der Waals surface area contributed by atoms with Gasteiger partial charge in [0.15, 0.2) is 5.60 Å². The quantitative estimate of drug-likeness (QED) is 0.814. The van der Waals surface area contributed by atoms with Crippen molar-refractivity contribution in [1.29, 1.82) is 0 Å². The summed E-state index contributed by atoms with van der Waals surface area (Å²) in [5, 5.41) is 12.8. The molecule has 1 rings (SSSR count). The number of ether oxygens (including phenoxy) is 1. The second-order valence-corrected chi connectivity index (χ2v) is 5.61. The predicted molar refractivity (Wildman–Crippen MR) is 80.1 cm³/mol. The van der Waals surface area contributed by atoms with Gasteiger partial charge in [-0.25, -0.2) is 0 Å². The number of halogens is 1. The maximum atomic E-state index is 12.1. The summed E-state index contributed by atoms with van der Waals surface area (Å²) in [5.74, 6) is 0.326. The van der Waals surface area contributed by atoms with Crippen LogP contribution in [0.1, 0.15) is 33.6 Å². The average molecular weight is 300 g/mol. The Labute approximate surface area is 125 Å². The highest BCUT2D eigenvalue weighted by Crippen LogP contribution is 2.22. The molecule has 5 heteroatoms. The van der Waals surface area contributed by atoms with Gasteiger partial charge in [-0.2, -0.15) is 0 Å². The van der Waals surface area contributed by atoms with Crippen LogP contribution in [-0.2, 0) is 4.79 Å². The maximum Gasteiger partial charge on any atom is 0.263 e. The van der Waals surface area contributed by atoms with Crippen LogP contribution >= 0.6 is 11.6 Å². The minimum Gasteiger partial charge on any atom is -0.478 e. The highest BCUT2D eigenvalue weighted by molar-refractivity contribution is 6.30. The fourth-order valence-corrected chi connectivity index (χ4v) is 1.82. The van der Waals surface area contributed by atoms with Crippen LogP contribution in [0.5, 0.6) is 5.75 Å². The van der Waals surface area contributed by atoms with E-state index in [-0.39, 0.29) is 12.0 Å². The molecule has 20 heavy (non-hydrogen) atoms. The minimum atomic E-state index is -0.998. The van der Waals surface area contributed by atoms with E-state index in [4.69, 9.17) is 16.3 Å². The first-order valence-corrected chi connectivity index (χ1v) is 7.14. The second-order valence-electron chi connectivity index (χ2n) is 5.18. The SMILES string of the molecule is CCC(O)CCNC(=O)C(C)(C)Oc1cccc(Cl)c1. The number of carbonyl (C=O) groups excluding carboxylic acids is 1. The van der Waals surface area contributed by atoms with Gasteiger partial charge >= 0.3 is 0 Å². The first kappa shape index (κ1) is 16.8. The molecule has 0 saturated heterocycles. The first-order chi connectivity index (χ1) is 9.35. The zero-order valence-electron chi connectivity index (χ0n) is 12.1. The summed E-state index contributed by atoms with van der Waals surface area (Å²) in [6, 6.07) is 6.93. The van der Waals surface area contributed by atoms with Crippen LogP contribution < -0.4 is 10.1 Å². The Bertz CT molecular complexity index is 448. The van der Waals surface area contributed by atoms with Crippen molar-refractivity contribution in [3.63, 3.8) is 0 Å². The standard InChI is InChI=1S/C15H22ClNO3/c1-4-12(18)8-9-17-14(19)15(2,3)20-13-7-5-6-11(16)10-13/h5-7,10,12,18H,4,8-9H2,1-3H3,(H,17,19). The lowest BCUT2D eigenvalue weighted by Crippen LogP contribution is -2.47. The number of rotatable bonds is 7. The Balaban J connectivity index is 2.52. The summed E-state index contributed by atoms with van der Waals surface area (Å²) in [4.78, 5) is 12.1. The topological polar surface area (TPSA) is 58.6 Å². The molecule has 112 valence electrons. The number of hydrogen-bond donors (Lipinski definition) is 2. The van der Waals surface area contributed by atoms with Gasteiger partial charge in [-0.15, -0.1) is 0 Å². The van der Waals surface area contributed by atoms with E-state index in [1.54, 1.807) is 38.1 Å². The molecule has 0 aliphatic rings. The molecule has 0 heterocycles. The van der Waals surface area contributed by atoms with Crippen molar-refractivity contribution >= 4 is 17.5 Å². The van der Waals surface area contributed by atoms with Crippen LogP contribution in [0.2, 0.25) is 5.02 Å². The van der Waals surface area contributed by atoms with E-state index in [9.17, 15) is 9.90 Å². The van der Waals surface area contributed by atoms with Crippen LogP contribution in [0.3, 0.4) is 0 Å². The van der Waals surface area contributed by atoms with Crippen molar-refractivity contribution in [2.45, 2.75) is 45.3 Å². The molecule has 0 fully saturated rings. The van der Waals surface area contributed by atoms with Crippen molar-refractivity contribution < 1.29 is 14.6 Å². The number of hydrogen-bond acceptors (Lipinski definition) is 3. The molecule has 1 aromatic carbocycles. The molecule has 0 aliphatic carbocycles. The summed E-state index contributed by atoms with van der Waals surface area (Å²) < 4.78 is 5.67. The molecule has 2 N–H and O–H groups in total. The van der Waals surface area contributed by atoms with E-state index in [0.29, 0.717) is 30.2 Å². The molecule has 1 atom stereocenters. The van der Waals surface area contributed by atoms with Gasteiger partial charge in [0.2, 0.25) is 0 Å². The Morgan fingerprint density at radius 1 is 1.50 bits per heavy atom. The molecular formula is C15H22ClNO3. The molecule has 1 aromatic rings. The Kier molecular flexibility index (Phi) is 6.30. The first-order valence-electron chi connectivity index (χ1n) is 6.76. The fourth-order valence-electron chi connectivity index (χ4n) is 1.64. The number of aliphatic hydroxyl groups excluding tert-OH is 1. The van der Waals surface area contributed by atoms with Crippen molar-refractivity contribution in [3.05, 3.63) is 29.3 Å². The Morgan fingerprint density at radius 2 is 2.20 bits per heavy atom. The second kappa shape index (κ2) is 7.50. The lowest BCUT2D eigenvalue weighted by molar-refractivity contribution is -0.134. The lowest BCUT2D eigenvalue weighted by atomic mass is 10.1. The van der Waals surface area contributed by atoms with E-state index in [0.717, 1.165) is 0 Å². The zero-order valence-corrected chi connectivity index (χ0v) is 12.9. The molecule has 4 nitrogen and oxygen atoms in total. The highest BCUT2D eigenvalue weighted by atomic mass is 35.5. The van der Waals surface area contributed by atoms with Gasteiger partial charge in [0.1, 0.15) is 5.75 Å². The number of aliphatic hydroxyl groups is 1. The van der Waals surface area contributed by atoms with Crippen LogP contribution in [0, 0.1) is 0 Å². The van der Waals surface area contributed by atoms with Crippen molar-refractivity contribution in [1.82, 2.24) is 5.32 Å². The van der Waals surface area contributed by atoms with Crippen molar-refractivity contribution in [3.8, 4) is 5.75 Å². The van der Waals surface area contributed by atoms with Gasteiger partial charge in [0.05, 0.1) is 6.10 Å². The molecule has 0 saturated carbocycles. The van der Waals surface area contributed by atoms with Crippen LogP contribution in [-0.4, -0.2) is 29.3 Å². The van der Waals surface area contributed by atoms with Gasteiger partial charge in [-0.05, 0) is 44.9 Å². The summed E-state index contributed by atoms with van der Waals surface area (Å²) in [6.45, 7) is 5.72. The Hall–Kier alpha value is -1.26. The number of carbonyl (C=O) groups is 1. The summed E-state index contributed by atoms with van der Waals surface area (Å²) in [6.07, 6.45) is 0.834. The molecule has 0 spiro atoms. The van der Waals surface area contributed by atoms with Gasteiger partial charge in [-0.3, -0.25) is 4.79 Å². The fraction of sp³-hybridized carbons (Fsp3) is 0.533. The third-order valence-electron chi connectivity index (χ3n) is 2.95. The molecule has 0 radical (unpaired) electrons. The Morgan fingerprint density at radius 3 is 2.80 bits per heavy atom. The third kappa shape index (κ3) is 5.39. The van der Waals surface area contributed by atoms with E-state index < -0.39 is 5.60 Å². The van der Waals surface area contributed by atoms with Crippen molar-refractivity contribution in [2.75, 3.05) is 6.54 Å². The van der Waals surface area contributed by atoms with E-state index >= 15 is 0 Å². The molecule has 1 unspecified atom stereocenters. The predicted octanol–water partition coefficient (Wildman–Crippen LogP) is 2.77. The van der Waals surface area contributed by atoms with E-state index in [1.165, 1.54) is 0 Å². The van der Waals surface area contributed by atoms with Crippen LogP contribution in [0.15, 0.2) is 24.3 Å². The number of nitrogens with one attached hydrogen (secondary N) is 1. The van der Waals surface area contributed by atoms with Crippen LogP contribution in [0.25, 0.3) is 0 Å². The molecular weight excluding hydrogens is 278 g/mol. The van der Waals surface area contributed by atoms with Gasteiger partial charge in [-0.1, -0.05) is 24.6 Å². The normalized spacial score (nSPS) is 12.8. The van der Waals surface area contributed by atoms with E-state index in [2.05, 4.69) is 5.32 Å². The average Bonchev–Trinajstić information content (AvgIpc) is 2.37. The van der Waals surface area contributed by atoms with E-state index in [1.807, 2.05) is 6.92 Å². The number of benzene rings is 1. The monoisotopic (exact) mass is 299 g/mol. The third-order valence-corrected chi connectivity index (χ3v) is 3.19. The maximum absolute atomic E-state index is 12.1. The molecule has 0 bridgehead atoms. The van der Waals surface area contributed by atoms with Crippen molar-refractivity contribution in [2.24, 2.45) is 0 Å². The zero-order chi connectivity index (χ0) is 15.2. The van der Waals surface area contributed by atoms with Gasteiger partial charge < -0.3 is 15.2 Å². The largest absolute Gasteiger partial charge is 0.478 e. The van der Waals surface area contributed by atoms with Gasteiger partial charge in [0, 0.05) is 11.6 Å². The summed E-state index contributed by atoms with van der Waals surface area (Å²) in [7, 11) is 0. The molecule has 0 aliphatic heterocycles. The summed E-state index contributed by atoms with van der Waals surface area (Å²) in [5.41, 5.74) is -0.998. The lowest BCUT2D eigenvalue weighted by Gasteiger charge is -2.25. The minimum absolute atomic E-state index is 0.222. The summed E-state index contributed by atoms with van der Waals surface area (Å²) >= 11 is 5.88.